The largest absolute Gasteiger partial charge is 0.469 e. The first kappa shape index (κ1) is 13.8. The van der Waals surface area contributed by atoms with Gasteiger partial charge in [-0.1, -0.05) is 58.4 Å². The van der Waals surface area contributed by atoms with E-state index in [1.165, 1.54) is 7.11 Å². The van der Waals surface area contributed by atoms with Gasteiger partial charge in [0.15, 0.2) is 0 Å². The van der Waals surface area contributed by atoms with Gasteiger partial charge in [0.2, 0.25) is 0 Å². The Morgan fingerprint density at radius 3 is 2.42 bits per heavy atom. The van der Waals surface area contributed by atoms with Gasteiger partial charge >= 0.3 is 5.97 Å². The molecule has 0 amide bonds. The second-order valence-corrected chi connectivity index (χ2v) is 5.21. The van der Waals surface area contributed by atoms with Crippen LogP contribution in [0.4, 0.5) is 0 Å². The van der Waals surface area contributed by atoms with Crippen molar-refractivity contribution in [1.82, 2.24) is 0 Å². The van der Waals surface area contributed by atoms with Gasteiger partial charge < -0.3 is 4.74 Å². The van der Waals surface area contributed by atoms with Gasteiger partial charge in [-0.15, -0.1) is 0 Å². The number of halogens is 1. The Balaban J connectivity index is 2.37. The van der Waals surface area contributed by atoms with E-state index in [2.05, 4.69) is 15.9 Å². The number of hydrogen-bond acceptors (Lipinski definition) is 2. The normalized spacial score (nSPS) is 11.9. The third-order valence-corrected chi connectivity index (χ3v) is 3.54. The number of esters is 1. The summed E-state index contributed by atoms with van der Waals surface area (Å²) in [6.45, 7) is 0. The highest BCUT2D eigenvalue weighted by molar-refractivity contribution is 9.10. The Labute approximate surface area is 121 Å². The molecule has 0 spiro atoms. The van der Waals surface area contributed by atoms with Gasteiger partial charge in [0.05, 0.1) is 13.5 Å². The smallest absolute Gasteiger partial charge is 0.306 e. The van der Waals surface area contributed by atoms with Crippen molar-refractivity contribution in [1.29, 1.82) is 0 Å². The van der Waals surface area contributed by atoms with Crippen molar-refractivity contribution < 1.29 is 9.53 Å². The zero-order valence-electron chi connectivity index (χ0n) is 10.7. The molecule has 0 N–H and O–H groups in total. The van der Waals surface area contributed by atoms with Crippen LogP contribution >= 0.6 is 15.9 Å². The molecule has 2 rings (SSSR count). The SMILES string of the molecule is COC(=O)CC(c1ccccc1)c1cccc(Br)c1. The predicted octanol–water partition coefficient (Wildman–Crippen LogP) is 4.14. The van der Waals surface area contributed by atoms with E-state index in [4.69, 9.17) is 4.74 Å². The van der Waals surface area contributed by atoms with E-state index in [-0.39, 0.29) is 11.9 Å². The van der Waals surface area contributed by atoms with Crippen molar-refractivity contribution in [2.45, 2.75) is 12.3 Å². The van der Waals surface area contributed by atoms with Crippen molar-refractivity contribution in [2.24, 2.45) is 0 Å². The molecule has 2 aromatic carbocycles. The molecular formula is C16H15BrO2. The van der Waals surface area contributed by atoms with Crippen LogP contribution in [0.1, 0.15) is 23.5 Å². The molecule has 2 aromatic rings. The van der Waals surface area contributed by atoms with E-state index in [0.717, 1.165) is 15.6 Å². The summed E-state index contributed by atoms with van der Waals surface area (Å²) >= 11 is 3.47. The summed E-state index contributed by atoms with van der Waals surface area (Å²) in [6.07, 6.45) is 0.344. The molecule has 1 unspecified atom stereocenters. The lowest BCUT2D eigenvalue weighted by molar-refractivity contribution is -0.140. The van der Waals surface area contributed by atoms with Crippen LogP contribution in [0.3, 0.4) is 0 Å². The van der Waals surface area contributed by atoms with Gasteiger partial charge in [-0.3, -0.25) is 4.79 Å². The summed E-state index contributed by atoms with van der Waals surface area (Å²) in [5.74, 6) is -0.181. The molecule has 0 aliphatic heterocycles. The Morgan fingerprint density at radius 1 is 1.11 bits per heavy atom. The fraction of sp³-hybridized carbons (Fsp3) is 0.188. The van der Waals surface area contributed by atoms with Crippen molar-refractivity contribution in [2.75, 3.05) is 7.11 Å². The number of benzene rings is 2. The molecule has 98 valence electrons. The minimum absolute atomic E-state index is 0.0196. The molecular weight excluding hydrogens is 304 g/mol. The Kier molecular flexibility index (Phi) is 4.74. The average Bonchev–Trinajstić information content (AvgIpc) is 2.45. The van der Waals surface area contributed by atoms with Crippen molar-refractivity contribution in [3.63, 3.8) is 0 Å². The zero-order chi connectivity index (χ0) is 13.7. The molecule has 0 fully saturated rings. The molecule has 0 aliphatic carbocycles. The van der Waals surface area contributed by atoms with Gasteiger partial charge in [0.25, 0.3) is 0 Å². The quantitative estimate of drug-likeness (QED) is 0.792. The summed E-state index contributed by atoms with van der Waals surface area (Å²) in [6, 6.07) is 18.0. The summed E-state index contributed by atoms with van der Waals surface area (Å²) in [5.41, 5.74) is 2.22. The van der Waals surface area contributed by atoms with Gasteiger partial charge in [0, 0.05) is 10.4 Å². The van der Waals surface area contributed by atoms with Crippen LogP contribution < -0.4 is 0 Å². The first-order valence-corrected chi connectivity index (χ1v) is 6.87. The fourth-order valence-corrected chi connectivity index (χ4v) is 2.50. The number of carbonyl (C=O) groups excluding carboxylic acids is 1. The summed E-state index contributed by atoms with van der Waals surface area (Å²) in [7, 11) is 1.42. The van der Waals surface area contributed by atoms with Crippen molar-refractivity contribution >= 4 is 21.9 Å². The molecule has 0 saturated heterocycles. The average molecular weight is 319 g/mol. The van der Waals surface area contributed by atoms with Crippen LogP contribution in [-0.2, 0) is 9.53 Å². The first-order chi connectivity index (χ1) is 9.20. The molecule has 0 saturated carbocycles. The van der Waals surface area contributed by atoms with E-state index in [0.29, 0.717) is 6.42 Å². The summed E-state index contributed by atoms with van der Waals surface area (Å²) in [4.78, 5) is 11.6. The maximum absolute atomic E-state index is 11.6. The van der Waals surface area contributed by atoms with Crippen LogP contribution in [0.2, 0.25) is 0 Å². The Hall–Kier alpha value is -1.61. The minimum atomic E-state index is -0.200. The number of ether oxygens (including phenoxy) is 1. The Morgan fingerprint density at radius 2 is 1.79 bits per heavy atom. The van der Waals surface area contributed by atoms with Crippen molar-refractivity contribution in [3.8, 4) is 0 Å². The first-order valence-electron chi connectivity index (χ1n) is 6.08. The molecule has 0 radical (unpaired) electrons. The topological polar surface area (TPSA) is 26.3 Å². The lowest BCUT2D eigenvalue weighted by Gasteiger charge is -2.17. The third kappa shape index (κ3) is 3.67. The van der Waals surface area contributed by atoms with E-state index in [1.54, 1.807) is 0 Å². The van der Waals surface area contributed by atoms with E-state index in [9.17, 15) is 4.79 Å². The zero-order valence-corrected chi connectivity index (χ0v) is 12.3. The van der Waals surface area contributed by atoms with E-state index in [1.807, 2.05) is 54.6 Å². The Bertz CT molecular complexity index is 552. The highest BCUT2D eigenvalue weighted by Gasteiger charge is 2.18. The lowest BCUT2D eigenvalue weighted by atomic mass is 9.89. The van der Waals surface area contributed by atoms with Gasteiger partial charge in [0.1, 0.15) is 0 Å². The fourth-order valence-electron chi connectivity index (χ4n) is 2.09. The van der Waals surface area contributed by atoms with Crippen LogP contribution in [0.25, 0.3) is 0 Å². The van der Waals surface area contributed by atoms with Gasteiger partial charge in [-0.2, -0.15) is 0 Å². The molecule has 3 heteroatoms. The second kappa shape index (κ2) is 6.53. The number of rotatable bonds is 4. The highest BCUT2D eigenvalue weighted by Crippen LogP contribution is 2.29. The van der Waals surface area contributed by atoms with E-state index >= 15 is 0 Å². The monoisotopic (exact) mass is 318 g/mol. The maximum Gasteiger partial charge on any atom is 0.306 e. The number of methoxy groups -OCH3 is 1. The highest BCUT2D eigenvalue weighted by atomic mass is 79.9. The number of carbonyl (C=O) groups is 1. The molecule has 0 heterocycles. The molecule has 0 aromatic heterocycles. The van der Waals surface area contributed by atoms with Crippen LogP contribution in [0.15, 0.2) is 59.1 Å². The molecule has 2 nitrogen and oxygen atoms in total. The molecule has 0 bridgehead atoms. The second-order valence-electron chi connectivity index (χ2n) is 4.30. The van der Waals surface area contributed by atoms with E-state index < -0.39 is 0 Å². The maximum atomic E-state index is 11.6. The molecule has 19 heavy (non-hydrogen) atoms. The minimum Gasteiger partial charge on any atom is -0.469 e. The molecule has 0 aliphatic rings. The predicted molar refractivity (Wildman–Crippen MR) is 79.1 cm³/mol. The third-order valence-electron chi connectivity index (χ3n) is 3.05. The van der Waals surface area contributed by atoms with Gasteiger partial charge in [-0.25, -0.2) is 0 Å². The van der Waals surface area contributed by atoms with Crippen LogP contribution in [0.5, 0.6) is 0 Å². The molecule has 1 atom stereocenters. The number of hydrogen-bond donors (Lipinski definition) is 0. The van der Waals surface area contributed by atoms with Crippen LogP contribution in [0, 0.1) is 0 Å². The lowest BCUT2D eigenvalue weighted by Crippen LogP contribution is -2.10. The summed E-state index contributed by atoms with van der Waals surface area (Å²) in [5, 5.41) is 0. The van der Waals surface area contributed by atoms with Gasteiger partial charge in [-0.05, 0) is 23.3 Å². The summed E-state index contributed by atoms with van der Waals surface area (Å²) < 4.78 is 5.81. The van der Waals surface area contributed by atoms with Crippen LogP contribution in [-0.4, -0.2) is 13.1 Å². The standard InChI is InChI=1S/C16H15BrO2/c1-19-16(18)11-15(12-6-3-2-4-7-12)13-8-5-9-14(17)10-13/h2-10,15H,11H2,1H3. The van der Waals surface area contributed by atoms with Crippen molar-refractivity contribution in [3.05, 3.63) is 70.2 Å².